The SMILES string of the molecule is CN(CC(=O)NCc1cccnc1)[C@H](c1ccc(F)cc1)C1CC1. The summed E-state index contributed by atoms with van der Waals surface area (Å²) in [7, 11) is 1.95. The average Bonchev–Trinajstić information content (AvgIpc) is 3.41. The fraction of sp³-hybridized carbons (Fsp3) is 0.368. The Labute approximate surface area is 141 Å². The molecule has 1 heterocycles. The van der Waals surface area contributed by atoms with Crippen molar-refractivity contribution in [1.82, 2.24) is 15.2 Å². The van der Waals surface area contributed by atoms with E-state index in [0.717, 1.165) is 24.0 Å². The predicted octanol–water partition coefficient (Wildman–Crippen LogP) is 2.92. The molecule has 1 aromatic carbocycles. The fourth-order valence-electron chi connectivity index (χ4n) is 3.04. The lowest BCUT2D eigenvalue weighted by atomic mass is 10.0. The van der Waals surface area contributed by atoms with Crippen LogP contribution in [0.4, 0.5) is 4.39 Å². The van der Waals surface area contributed by atoms with Crippen molar-refractivity contribution in [1.29, 1.82) is 0 Å². The number of benzene rings is 1. The van der Waals surface area contributed by atoms with Crippen LogP contribution in [0.5, 0.6) is 0 Å². The second-order valence-electron chi connectivity index (χ2n) is 6.39. The topological polar surface area (TPSA) is 45.2 Å². The predicted molar refractivity (Wildman–Crippen MR) is 90.6 cm³/mol. The molecule has 1 N–H and O–H groups in total. The Bertz CT molecular complexity index is 671. The first-order valence-corrected chi connectivity index (χ1v) is 8.25. The largest absolute Gasteiger partial charge is 0.351 e. The highest BCUT2D eigenvalue weighted by Crippen LogP contribution is 2.43. The summed E-state index contributed by atoms with van der Waals surface area (Å²) in [5.74, 6) is 0.297. The molecule has 0 spiro atoms. The third-order valence-electron chi connectivity index (χ3n) is 4.36. The molecule has 126 valence electrons. The second-order valence-corrected chi connectivity index (χ2v) is 6.39. The molecule has 0 bridgehead atoms. The van der Waals surface area contributed by atoms with Gasteiger partial charge < -0.3 is 5.32 Å². The van der Waals surface area contributed by atoms with Crippen LogP contribution in [0.25, 0.3) is 0 Å². The lowest BCUT2D eigenvalue weighted by Crippen LogP contribution is -2.37. The van der Waals surface area contributed by atoms with Crippen LogP contribution in [-0.4, -0.2) is 29.4 Å². The third kappa shape index (κ3) is 4.38. The van der Waals surface area contributed by atoms with Gasteiger partial charge in [-0.25, -0.2) is 4.39 Å². The lowest BCUT2D eigenvalue weighted by molar-refractivity contribution is -0.122. The van der Waals surface area contributed by atoms with Gasteiger partial charge in [-0.2, -0.15) is 0 Å². The van der Waals surface area contributed by atoms with Gasteiger partial charge in [-0.15, -0.1) is 0 Å². The van der Waals surface area contributed by atoms with Crippen molar-refractivity contribution >= 4 is 5.91 Å². The minimum Gasteiger partial charge on any atom is -0.351 e. The van der Waals surface area contributed by atoms with Gasteiger partial charge in [0.2, 0.25) is 5.91 Å². The van der Waals surface area contributed by atoms with E-state index in [1.165, 1.54) is 12.1 Å². The van der Waals surface area contributed by atoms with Gasteiger partial charge in [-0.1, -0.05) is 18.2 Å². The van der Waals surface area contributed by atoms with Crippen LogP contribution < -0.4 is 5.32 Å². The molecule has 5 heteroatoms. The first kappa shape index (κ1) is 16.6. The Hall–Kier alpha value is -2.27. The molecule has 1 fully saturated rings. The molecule has 0 saturated heterocycles. The first-order chi connectivity index (χ1) is 11.6. The average molecular weight is 327 g/mol. The van der Waals surface area contributed by atoms with Crippen molar-refractivity contribution in [3.63, 3.8) is 0 Å². The molecule has 1 aliphatic carbocycles. The van der Waals surface area contributed by atoms with Gasteiger partial charge in [0.25, 0.3) is 0 Å². The van der Waals surface area contributed by atoms with Crippen LogP contribution in [-0.2, 0) is 11.3 Å². The molecular formula is C19H22FN3O. The van der Waals surface area contributed by atoms with E-state index >= 15 is 0 Å². The Balaban J connectivity index is 1.58. The first-order valence-electron chi connectivity index (χ1n) is 8.25. The van der Waals surface area contributed by atoms with E-state index in [1.54, 1.807) is 12.4 Å². The van der Waals surface area contributed by atoms with Crippen molar-refractivity contribution in [2.24, 2.45) is 5.92 Å². The van der Waals surface area contributed by atoms with Gasteiger partial charge in [-0.3, -0.25) is 14.7 Å². The van der Waals surface area contributed by atoms with Crippen LogP contribution in [0.3, 0.4) is 0 Å². The molecule has 1 atom stereocenters. The molecule has 1 amide bonds. The highest BCUT2D eigenvalue weighted by molar-refractivity contribution is 5.78. The van der Waals surface area contributed by atoms with Crippen LogP contribution >= 0.6 is 0 Å². The smallest absolute Gasteiger partial charge is 0.234 e. The summed E-state index contributed by atoms with van der Waals surface area (Å²) in [4.78, 5) is 18.3. The monoisotopic (exact) mass is 327 g/mol. The summed E-state index contributed by atoms with van der Waals surface area (Å²) < 4.78 is 13.2. The quantitative estimate of drug-likeness (QED) is 0.850. The normalized spacial score (nSPS) is 15.3. The maximum atomic E-state index is 13.2. The Kier molecular flexibility index (Phi) is 5.20. The van der Waals surface area contributed by atoms with Gasteiger partial charge in [0, 0.05) is 25.0 Å². The number of aromatic nitrogens is 1. The minimum atomic E-state index is -0.231. The number of carbonyl (C=O) groups excluding carboxylic acids is 1. The Morgan fingerprint density at radius 2 is 2.08 bits per heavy atom. The molecule has 1 saturated carbocycles. The minimum absolute atomic E-state index is 0.0193. The molecule has 24 heavy (non-hydrogen) atoms. The van der Waals surface area contributed by atoms with Crippen LogP contribution in [0, 0.1) is 11.7 Å². The van der Waals surface area contributed by atoms with Gasteiger partial charge in [0.05, 0.1) is 6.54 Å². The van der Waals surface area contributed by atoms with Crippen LogP contribution in [0.1, 0.15) is 30.0 Å². The number of rotatable bonds is 7. The molecule has 0 unspecified atom stereocenters. The zero-order valence-corrected chi connectivity index (χ0v) is 13.8. The van der Waals surface area contributed by atoms with Crippen LogP contribution in [0.15, 0.2) is 48.8 Å². The number of hydrogen-bond acceptors (Lipinski definition) is 3. The summed E-state index contributed by atoms with van der Waals surface area (Å²) in [6.45, 7) is 0.796. The zero-order chi connectivity index (χ0) is 16.9. The number of halogens is 1. The molecule has 2 aromatic rings. The molecule has 3 rings (SSSR count). The third-order valence-corrected chi connectivity index (χ3v) is 4.36. The summed E-state index contributed by atoms with van der Waals surface area (Å²) >= 11 is 0. The lowest BCUT2D eigenvalue weighted by Gasteiger charge is -2.28. The highest BCUT2D eigenvalue weighted by atomic mass is 19.1. The summed E-state index contributed by atoms with van der Waals surface area (Å²) in [6, 6.07) is 10.6. The zero-order valence-electron chi connectivity index (χ0n) is 13.8. The molecule has 0 aliphatic heterocycles. The molecule has 1 aromatic heterocycles. The number of nitrogens with zero attached hydrogens (tertiary/aromatic N) is 2. The van der Waals surface area contributed by atoms with E-state index in [0.29, 0.717) is 19.0 Å². The van der Waals surface area contributed by atoms with E-state index in [2.05, 4.69) is 15.2 Å². The van der Waals surface area contributed by atoms with E-state index < -0.39 is 0 Å². The van der Waals surface area contributed by atoms with Crippen molar-refractivity contribution in [3.05, 3.63) is 65.7 Å². The summed E-state index contributed by atoms with van der Waals surface area (Å²) in [6.07, 6.45) is 5.77. The number of amides is 1. The molecule has 4 nitrogen and oxygen atoms in total. The van der Waals surface area contributed by atoms with E-state index in [4.69, 9.17) is 0 Å². The maximum absolute atomic E-state index is 13.2. The van der Waals surface area contributed by atoms with Gasteiger partial charge in [0.1, 0.15) is 5.82 Å². The highest BCUT2D eigenvalue weighted by Gasteiger charge is 2.35. The Morgan fingerprint density at radius 1 is 1.33 bits per heavy atom. The van der Waals surface area contributed by atoms with Crippen molar-refractivity contribution in [2.45, 2.75) is 25.4 Å². The standard InChI is InChI=1S/C19H22FN3O/c1-23(13-18(24)22-12-14-3-2-10-21-11-14)19(15-4-5-15)16-6-8-17(20)9-7-16/h2-3,6-11,15,19H,4-5,12-13H2,1H3,(H,22,24)/t19-/m0/s1. The van der Waals surface area contributed by atoms with E-state index in [9.17, 15) is 9.18 Å². The molecule has 1 aliphatic rings. The summed E-state index contributed by atoms with van der Waals surface area (Å²) in [5.41, 5.74) is 2.05. The number of carbonyl (C=O) groups is 1. The number of pyridine rings is 1. The van der Waals surface area contributed by atoms with Crippen LogP contribution in [0.2, 0.25) is 0 Å². The number of hydrogen-bond donors (Lipinski definition) is 1. The molecular weight excluding hydrogens is 305 g/mol. The van der Waals surface area contributed by atoms with E-state index in [1.807, 2.05) is 31.3 Å². The second kappa shape index (κ2) is 7.53. The van der Waals surface area contributed by atoms with Gasteiger partial charge in [0.15, 0.2) is 0 Å². The van der Waals surface area contributed by atoms with Crippen molar-refractivity contribution in [2.75, 3.05) is 13.6 Å². The van der Waals surface area contributed by atoms with Crippen molar-refractivity contribution in [3.8, 4) is 0 Å². The van der Waals surface area contributed by atoms with E-state index in [-0.39, 0.29) is 17.8 Å². The number of nitrogens with one attached hydrogen (secondary N) is 1. The Morgan fingerprint density at radius 3 is 2.71 bits per heavy atom. The van der Waals surface area contributed by atoms with Gasteiger partial charge >= 0.3 is 0 Å². The van der Waals surface area contributed by atoms with Crippen molar-refractivity contribution < 1.29 is 9.18 Å². The van der Waals surface area contributed by atoms with Gasteiger partial charge in [-0.05, 0) is 55.1 Å². The molecule has 0 radical (unpaired) electrons. The number of likely N-dealkylation sites (N-methyl/N-ethyl adjacent to an activating group) is 1. The maximum Gasteiger partial charge on any atom is 0.234 e. The fourth-order valence-corrected chi connectivity index (χ4v) is 3.04. The summed E-state index contributed by atoms with van der Waals surface area (Å²) in [5, 5.41) is 2.92.